The molecule has 5 heteroatoms. The Morgan fingerprint density at radius 3 is 2.91 bits per heavy atom. The van der Waals surface area contributed by atoms with Gasteiger partial charge in [0.2, 0.25) is 0 Å². The van der Waals surface area contributed by atoms with Gasteiger partial charge < -0.3 is 9.99 Å². The summed E-state index contributed by atoms with van der Waals surface area (Å²) in [5, 5.41) is 0. The molecule has 0 radical (unpaired) electrons. The first kappa shape index (κ1) is 7.74. The molecule has 0 saturated carbocycles. The van der Waals surface area contributed by atoms with E-state index < -0.39 is 0 Å². The van der Waals surface area contributed by atoms with Gasteiger partial charge in [-0.2, -0.15) is 0 Å². The fraction of sp³-hybridized carbons (Fsp3) is 0.333. The van der Waals surface area contributed by atoms with Crippen LogP contribution in [0.1, 0.15) is 5.69 Å². The minimum atomic E-state index is 0.589. The fourth-order valence-electron chi connectivity index (χ4n) is 0.788. The van der Waals surface area contributed by atoms with Gasteiger partial charge in [0.15, 0.2) is 5.84 Å². The number of imidazole rings is 1. The van der Waals surface area contributed by atoms with Gasteiger partial charge >= 0.3 is 0 Å². The Kier molecular flexibility index (Phi) is 2.22. The molecule has 1 aromatic heterocycles. The number of rotatable bonds is 1. The minimum absolute atomic E-state index is 0.589. The van der Waals surface area contributed by atoms with E-state index in [4.69, 9.17) is 5.84 Å². The Bertz CT molecular complexity index is 262. The van der Waals surface area contributed by atoms with Crippen molar-refractivity contribution in [1.82, 2.24) is 15.0 Å². The van der Waals surface area contributed by atoms with Gasteiger partial charge in [0.25, 0.3) is 0 Å². The largest absolute Gasteiger partial charge is 0.340 e. The van der Waals surface area contributed by atoms with Crippen LogP contribution < -0.4 is 11.3 Å². The van der Waals surface area contributed by atoms with Crippen LogP contribution in [0.3, 0.4) is 0 Å². The van der Waals surface area contributed by atoms with Gasteiger partial charge in [-0.25, -0.2) is 10.8 Å². The second kappa shape index (κ2) is 3.16. The standard InChI is InChI=1S/C6H11N5/c1-8-6(10-7)5-3-11(2)4-9-5/h3-4H,7H2,1-2H3,(H,8,10). The molecule has 3 N–H and O–H groups in total. The van der Waals surface area contributed by atoms with Crippen molar-refractivity contribution < 1.29 is 0 Å². The van der Waals surface area contributed by atoms with E-state index in [0.29, 0.717) is 5.84 Å². The molecule has 0 spiro atoms. The molecule has 1 rings (SSSR count). The van der Waals surface area contributed by atoms with Crippen LogP contribution in [0.4, 0.5) is 0 Å². The van der Waals surface area contributed by atoms with Crippen molar-refractivity contribution in [3.63, 3.8) is 0 Å². The highest BCUT2D eigenvalue weighted by molar-refractivity contribution is 5.96. The molecule has 11 heavy (non-hydrogen) atoms. The molecule has 1 aromatic rings. The number of hydrazine groups is 1. The maximum absolute atomic E-state index is 5.19. The lowest BCUT2D eigenvalue weighted by Crippen LogP contribution is -2.31. The van der Waals surface area contributed by atoms with E-state index >= 15 is 0 Å². The molecule has 0 fully saturated rings. The molecule has 0 aliphatic heterocycles. The van der Waals surface area contributed by atoms with Crippen molar-refractivity contribution in [1.29, 1.82) is 0 Å². The molecule has 0 unspecified atom stereocenters. The van der Waals surface area contributed by atoms with Gasteiger partial charge in [-0.15, -0.1) is 0 Å². The van der Waals surface area contributed by atoms with Crippen molar-refractivity contribution in [2.24, 2.45) is 17.9 Å². The monoisotopic (exact) mass is 153 g/mol. The Morgan fingerprint density at radius 2 is 2.55 bits per heavy atom. The smallest absolute Gasteiger partial charge is 0.162 e. The lowest BCUT2D eigenvalue weighted by atomic mass is 10.4. The number of aryl methyl sites for hydroxylation is 1. The number of hydrogen-bond donors (Lipinski definition) is 2. The molecule has 1 heterocycles. The third-order valence-corrected chi connectivity index (χ3v) is 1.31. The number of nitrogens with zero attached hydrogens (tertiary/aromatic N) is 3. The maximum atomic E-state index is 5.19. The fourth-order valence-corrected chi connectivity index (χ4v) is 0.788. The lowest BCUT2D eigenvalue weighted by Gasteiger charge is -1.97. The zero-order valence-electron chi connectivity index (χ0n) is 6.57. The maximum Gasteiger partial charge on any atom is 0.162 e. The number of amidine groups is 1. The summed E-state index contributed by atoms with van der Waals surface area (Å²) in [4.78, 5) is 7.94. The second-order valence-electron chi connectivity index (χ2n) is 2.14. The highest BCUT2D eigenvalue weighted by Crippen LogP contribution is 1.93. The van der Waals surface area contributed by atoms with Crippen LogP contribution in [-0.2, 0) is 7.05 Å². The minimum Gasteiger partial charge on any atom is -0.340 e. The lowest BCUT2D eigenvalue weighted by molar-refractivity contribution is 0.913. The van der Waals surface area contributed by atoms with Crippen LogP contribution >= 0.6 is 0 Å². The van der Waals surface area contributed by atoms with Crippen molar-refractivity contribution in [2.75, 3.05) is 7.05 Å². The molecule has 0 bridgehead atoms. The quantitative estimate of drug-likeness (QED) is 0.242. The van der Waals surface area contributed by atoms with Crippen molar-refractivity contribution in [2.45, 2.75) is 0 Å². The summed E-state index contributed by atoms with van der Waals surface area (Å²) in [7, 11) is 3.55. The third-order valence-electron chi connectivity index (χ3n) is 1.31. The summed E-state index contributed by atoms with van der Waals surface area (Å²) in [6, 6.07) is 0. The molecule has 60 valence electrons. The van der Waals surface area contributed by atoms with Crippen LogP contribution in [0.15, 0.2) is 17.5 Å². The molecule has 0 atom stereocenters. The van der Waals surface area contributed by atoms with Gasteiger partial charge in [-0.05, 0) is 0 Å². The van der Waals surface area contributed by atoms with E-state index in [9.17, 15) is 0 Å². The molecule has 5 nitrogen and oxygen atoms in total. The van der Waals surface area contributed by atoms with Crippen LogP contribution in [0, 0.1) is 0 Å². The highest BCUT2D eigenvalue weighted by Gasteiger charge is 2.01. The average molecular weight is 153 g/mol. The van der Waals surface area contributed by atoms with Gasteiger partial charge in [-0.3, -0.25) is 4.99 Å². The number of nitrogens with one attached hydrogen (secondary N) is 1. The van der Waals surface area contributed by atoms with E-state index in [1.54, 1.807) is 13.4 Å². The van der Waals surface area contributed by atoms with E-state index in [2.05, 4.69) is 15.4 Å². The van der Waals surface area contributed by atoms with Gasteiger partial charge in [0.1, 0.15) is 5.69 Å². The van der Waals surface area contributed by atoms with Crippen LogP contribution in [0.2, 0.25) is 0 Å². The first-order chi connectivity index (χ1) is 5.27. The summed E-state index contributed by atoms with van der Waals surface area (Å²) in [6.45, 7) is 0. The van der Waals surface area contributed by atoms with E-state index in [-0.39, 0.29) is 0 Å². The van der Waals surface area contributed by atoms with Crippen molar-refractivity contribution in [3.05, 3.63) is 18.2 Å². The van der Waals surface area contributed by atoms with Crippen molar-refractivity contribution in [3.8, 4) is 0 Å². The van der Waals surface area contributed by atoms with Crippen molar-refractivity contribution >= 4 is 5.84 Å². The third kappa shape index (κ3) is 1.56. The summed E-state index contributed by atoms with van der Waals surface area (Å²) < 4.78 is 1.83. The van der Waals surface area contributed by atoms with Gasteiger partial charge in [0.05, 0.1) is 6.33 Å². The van der Waals surface area contributed by atoms with Gasteiger partial charge in [-0.1, -0.05) is 0 Å². The topological polar surface area (TPSA) is 68.2 Å². The number of nitrogens with two attached hydrogens (primary N) is 1. The number of hydrogen-bond acceptors (Lipinski definition) is 3. The predicted molar refractivity (Wildman–Crippen MR) is 43.0 cm³/mol. The van der Waals surface area contributed by atoms with E-state index in [1.807, 2.05) is 17.8 Å². The zero-order chi connectivity index (χ0) is 8.27. The average Bonchev–Trinajstić information content (AvgIpc) is 2.39. The summed E-state index contributed by atoms with van der Waals surface area (Å²) in [5.74, 6) is 5.78. The predicted octanol–water partition coefficient (Wildman–Crippen LogP) is -0.740. The molecule has 0 saturated heterocycles. The highest BCUT2D eigenvalue weighted by atomic mass is 15.3. The van der Waals surface area contributed by atoms with Crippen LogP contribution in [-0.4, -0.2) is 22.4 Å². The van der Waals surface area contributed by atoms with Crippen LogP contribution in [0.5, 0.6) is 0 Å². The Hall–Kier alpha value is -1.36. The second-order valence-corrected chi connectivity index (χ2v) is 2.14. The zero-order valence-corrected chi connectivity index (χ0v) is 6.57. The number of aliphatic imine (C=N–C) groups is 1. The Morgan fingerprint density at radius 1 is 1.82 bits per heavy atom. The molecule has 0 aliphatic carbocycles. The normalized spacial score (nSPS) is 11.7. The first-order valence-corrected chi connectivity index (χ1v) is 3.19. The SMILES string of the molecule is CN=C(NN)c1cn(C)cn1. The molecule has 0 amide bonds. The summed E-state index contributed by atoms with van der Waals surface area (Å²) >= 11 is 0. The number of aromatic nitrogens is 2. The Labute approximate surface area is 64.9 Å². The first-order valence-electron chi connectivity index (χ1n) is 3.19. The molecular weight excluding hydrogens is 142 g/mol. The molecular formula is C6H11N5. The molecule has 0 aliphatic rings. The van der Waals surface area contributed by atoms with E-state index in [0.717, 1.165) is 5.69 Å². The molecule has 0 aromatic carbocycles. The summed E-state index contributed by atoms with van der Waals surface area (Å²) in [5.41, 5.74) is 3.20. The summed E-state index contributed by atoms with van der Waals surface area (Å²) in [6.07, 6.45) is 3.53. The van der Waals surface area contributed by atoms with Crippen LogP contribution in [0.25, 0.3) is 0 Å². The Balaban J connectivity index is 2.91. The van der Waals surface area contributed by atoms with E-state index in [1.165, 1.54) is 0 Å². The van der Waals surface area contributed by atoms with Gasteiger partial charge in [0, 0.05) is 20.3 Å².